The van der Waals surface area contributed by atoms with Crippen LogP contribution in [0.1, 0.15) is 20.3 Å². The highest BCUT2D eigenvalue weighted by atomic mass is 35.5. The van der Waals surface area contributed by atoms with Gasteiger partial charge >= 0.3 is 0 Å². The summed E-state index contributed by atoms with van der Waals surface area (Å²) in [4.78, 5) is 11.4. The van der Waals surface area contributed by atoms with Gasteiger partial charge in [-0.25, -0.2) is 4.39 Å². The Morgan fingerprint density at radius 2 is 2.16 bits per heavy atom. The van der Waals surface area contributed by atoms with Crippen LogP contribution in [0.3, 0.4) is 0 Å². The Bertz CT molecular complexity index is 402. The van der Waals surface area contributed by atoms with Crippen LogP contribution >= 0.6 is 12.4 Å². The lowest BCUT2D eigenvalue weighted by Gasteiger charge is -2.16. The van der Waals surface area contributed by atoms with Crippen LogP contribution in [0.15, 0.2) is 24.3 Å². The van der Waals surface area contributed by atoms with Crippen LogP contribution in [0.2, 0.25) is 0 Å². The molecule has 3 N–H and O–H groups in total. The summed E-state index contributed by atoms with van der Waals surface area (Å²) in [6.07, 6.45) is 0.0518. The fourth-order valence-electron chi connectivity index (χ4n) is 1.44. The zero-order chi connectivity index (χ0) is 13.5. The molecule has 0 radical (unpaired) electrons. The molecule has 6 heteroatoms. The number of nitrogens with two attached hydrogens (primary N) is 1. The first-order valence-electron chi connectivity index (χ1n) is 5.92. The second-order valence-electron chi connectivity index (χ2n) is 4.37. The van der Waals surface area contributed by atoms with E-state index < -0.39 is 0 Å². The molecule has 0 aliphatic carbocycles. The Balaban J connectivity index is 0.00000324. The van der Waals surface area contributed by atoms with E-state index in [1.165, 1.54) is 12.1 Å². The number of hydrogen-bond acceptors (Lipinski definition) is 3. The average Bonchev–Trinajstić information content (AvgIpc) is 2.25. The van der Waals surface area contributed by atoms with Crippen molar-refractivity contribution >= 4 is 18.3 Å². The molecule has 1 aromatic carbocycles. The number of ether oxygens (including phenoxy) is 1. The van der Waals surface area contributed by atoms with Crippen molar-refractivity contribution in [2.24, 2.45) is 5.73 Å². The maximum atomic E-state index is 12.9. The van der Waals surface area contributed by atoms with Crippen LogP contribution < -0.4 is 15.8 Å². The molecule has 0 saturated heterocycles. The maximum Gasteiger partial charge on any atom is 0.221 e. The molecule has 0 heterocycles. The predicted octanol–water partition coefficient (Wildman–Crippen LogP) is 1.87. The van der Waals surface area contributed by atoms with Crippen LogP contribution in [0.25, 0.3) is 0 Å². The Morgan fingerprint density at radius 1 is 1.47 bits per heavy atom. The molecule has 2 atom stereocenters. The molecule has 0 aliphatic rings. The zero-order valence-corrected chi connectivity index (χ0v) is 11.9. The predicted molar refractivity (Wildman–Crippen MR) is 75.0 cm³/mol. The smallest absolute Gasteiger partial charge is 0.221 e. The first-order valence-corrected chi connectivity index (χ1v) is 5.92. The second kappa shape index (κ2) is 8.72. The van der Waals surface area contributed by atoms with E-state index in [9.17, 15) is 9.18 Å². The van der Waals surface area contributed by atoms with Gasteiger partial charge in [0.05, 0.1) is 6.54 Å². The molecule has 1 aromatic rings. The van der Waals surface area contributed by atoms with Crippen LogP contribution in [0.4, 0.5) is 4.39 Å². The lowest BCUT2D eigenvalue weighted by molar-refractivity contribution is -0.121. The van der Waals surface area contributed by atoms with Crippen molar-refractivity contribution in [1.29, 1.82) is 0 Å². The van der Waals surface area contributed by atoms with E-state index in [0.717, 1.165) is 0 Å². The maximum absolute atomic E-state index is 12.9. The number of amides is 1. The van der Waals surface area contributed by atoms with E-state index in [4.69, 9.17) is 10.5 Å². The van der Waals surface area contributed by atoms with Crippen molar-refractivity contribution in [2.75, 3.05) is 6.54 Å². The molecule has 4 nitrogen and oxygen atoms in total. The van der Waals surface area contributed by atoms with E-state index in [2.05, 4.69) is 5.32 Å². The molecule has 0 fully saturated rings. The standard InChI is InChI=1S/C13H19FN2O2.ClH/c1-9(15)6-13(17)16-8-10(2)18-12-5-3-4-11(14)7-12;/h3-5,7,9-10H,6,8,15H2,1-2H3,(H,16,17);1H. The van der Waals surface area contributed by atoms with Crippen molar-refractivity contribution in [3.05, 3.63) is 30.1 Å². The van der Waals surface area contributed by atoms with Gasteiger partial charge in [-0.15, -0.1) is 12.4 Å². The normalized spacial score (nSPS) is 13.1. The summed E-state index contributed by atoms with van der Waals surface area (Å²) in [5.74, 6) is -0.00988. The molecule has 1 amide bonds. The molecule has 0 bridgehead atoms. The van der Waals surface area contributed by atoms with E-state index in [-0.39, 0.29) is 42.7 Å². The molecular weight excluding hydrogens is 271 g/mol. The molecule has 2 unspecified atom stereocenters. The number of nitrogens with one attached hydrogen (secondary N) is 1. The fraction of sp³-hybridized carbons (Fsp3) is 0.462. The summed E-state index contributed by atoms with van der Waals surface area (Å²) in [6, 6.07) is 5.74. The topological polar surface area (TPSA) is 64.4 Å². The van der Waals surface area contributed by atoms with Gasteiger partial charge in [0.25, 0.3) is 0 Å². The van der Waals surface area contributed by atoms with E-state index in [1.807, 2.05) is 0 Å². The highest BCUT2D eigenvalue weighted by molar-refractivity contribution is 5.85. The SMILES string of the molecule is CC(N)CC(=O)NCC(C)Oc1cccc(F)c1.Cl. The largest absolute Gasteiger partial charge is 0.489 e. The summed E-state index contributed by atoms with van der Waals surface area (Å²) < 4.78 is 18.4. The third-order valence-electron chi connectivity index (χ3n) is 2.23. The first-order chi connectivity index (χ1) is 8.47. The Kier molecular flexibility index (Phi) is 8.11. The van der Waals surface area contributed by atoms with Gasteiger partial charge in [0.1, 0.15) is 17.7 Å². The van der Waals surface area contributed by atoms with Gasteiger partial charge in [-0.05, 0) is 26.0 Å². The van der Waals surface area contributed by atoms with Crippen molar-refractivity contribution in [3.63, 3.8) is 0 Å². The van der Waals surface area contributed by atoms with Crippen molar-refractivity contribution < 1.29 is 13.9 Å². The fourth-order valence-corrected chi connectivity index (χ4v) is 1.44. The lowest BCUT2D eigenvalue weighted by Crippen LogP contribution is -2.36. The number of carbonyl (C=O) groups excluding carboxylic acids is 1. The molecule has 0 aliphatic heterocycles. The van der Waals surface area contributed by atoms with Crippen molar-refractivity contribution in [3.8, 4) is 5.75 Å². The first kappa shape index (κ1) is 17.7. The second-order valence-corrected chi connectivity index (χ2v) is 4.37. The number of carbonyl (C=O) groups is 1. The van der Waals surface area contributed by atoms with Gasteiger partial charge < -0.3 is 15.8 Å². The quantitative estimate of drug-likeness (QED) is 0.841. The number of halogens is 2. The Morgan fingerprint density at radius 3 is 2.74 bits per heavy atom. The Hall–Kier alpha value is -1.33. The molecule has 0 saturated carbocycles. The zero-order valence-electron chi connectivity index (χ0n) is 11.1. The number of benzene rings is 1. The van der Waals surface area contributed by atoms with Crippen LogP contribution in [-0.4, -0.2) is 24.6 Å². The molecule has 19 heavy (non-hydrogen) atoms. The molecular formula is C13H20ClFN2O2. The lowest BCUT2D eigenvalue weighted by atomic mass is 10.2. The highest BCUT2D eigenvalue weighted by Crippen LogP contribution is 2.13. The van der Waals surface area contributed by atoms with Gasteiger partial charge in [0.15, 0.2) is 0 Å². The van der Waals surface area contributed by atoms with Crippen molar-refractivity contribution in [1.82, 2.24) is 5.32 Å². The average molecular weight is 291 g/mol. The third kappa shape index (κ3) is 7.64. The third-order valence-corrected chi connectivity index (χ3v) is 2.23. The van der Waals surface area contributed by atoms with Gasteiger partial charge in [-0.2, -0.15) is 0 Å². The summed E-state index contributed by atoms with van der Waals surface area (Å²) >= 11 is 0. The monoisotopic (exact) mass is 290 g/mol. The van der Waals surface area contributed by atoms with E-state index in [0.29, 0.717) is 12.3 Å². The Labute approximate surface area is 118 Å². The van der Waals surface area contributed by atoms with Gasteiger partial charge in [0.2, 0.25) is 5.91 Å². The van der Waals surface area contributed by atoms with Gasteiger partial charge in [-0.3, -0.25) is 4.79 Å². The number of hydrogen-bond donors (Lipinski definition) is 2. The van der Waals surface area contributed by atoms with Crippen molar-refractivity contribution in [2.45, 2.75) is 32.4 Å². The minimum absolute atomic E-state index is 0. The molecule has 1 rings (SSSR count). The van der Waals surface area contributed by atoms with E-state index >= 15 is 0 Å². The molecule has 0 spiro atoms. The minimum Gasteiger partial charge on any atom is -0.489 e. The van der Waals surface area contributed by atoms with E-state index in [1.54, 1.807) is 26.0 Å². The summed E-state index contributed by atoms with van der Waals surface area (Å²) in [6.45, 7) is 3.94. The summed E-state index contributed by atoms with van der Waals surface area (Å²) in [7, 11) is 0. The van der Waals surface area contributed by atoms with Crippen LogP contribution in [-0.2, 0) is 4.79 Å². The molecule has 0 aromatic heterocycles. The summed E-state index contributed by atoms with van der Waals surface area (Å²) in [5.41, 5.74) is 5.51. The van der Waals surface area contributed by atoms with Gasteiger partial charge in [0, 0.05) is 18.5 Å². The highest BCUT2D eigenvalue weighted by Gasteiger charge is 2.08. The minimum atomic E-state index is -0.347. The number of rotatable bonds is 6. The van der Waals surface area contributed by atoms with Gasteiger partial charge in [-0.1, -0.05) is 6.07 Å². The molecule has 108 valence electrons. The van der Waals surface area contributed by atoms with Crippen LogP contribution in [0, 0.1) is 5.82 Å². The van der Waals surface area contributed by atoms with Crippen LogP contribution in [0.5, 0.6) is 5.75 Å². The summed E-state index contributed by atoms with van der Waals surface area (Å²) in [5, 5.41) is 2.71.